The average Bonchev–Trinajstić information content (AvgIpc) is 3.47. The van der Waals surface area contributed by atoms with Gasteiger partial charge < -0.3 is 18.4 Å². The zero-order valence-corrected chi connectivity index (χ0v) is 44.4. The minimum absolute atomic E-state index is 0.0248. The van der Waals surface area contributed by atoms with Gasteiger partial charge in [-0.1, -0.05) is 143 Å². The fourth-order valence-electron chi connectivity index (χ4n) is 11.3. The van der Waals surface area contributed by atoms with Crippen LogP contribution in [0.1, 0.15) is 233 Å². The number of rotatable bonds is 27. The molecule has 0 amide bonds. The summed E-state index contributed by atoms with van der Waals surface area (Å²) < 4.78 is 22.0. The van der Waals surface area contributed by atoms with Crippen molar-refractivity contribution in [2.75, 3.05) is 58.9 Å². The maximum atomic E-state index is 7.34. The second kappa shape index (κ2) is 22.4. The van der Waals surface area contributed by atoms with Gasteiger partial charge in [0, 0.05) is 19.4 Å². The largest absolute Gasteiger partial charge is 0.704 e. The summed E-state index contributed by atoms with van der Waals surface area (Å²) in [4.78, 5) is 0. The fraction of sp³-hybridized carbons (Fsp3) is 0.759. The lowest BCUT2D eigenvalue weighted by Gasteiger charge is -2.40. The smallest absolute Gasteiger partial charge is 0.341 e. The molecule has 3 aliphatic rings. The summed E-state index contributed by atoms with van der Waals surface area (Å²) in [5.74, 6) is 2.41. The van der Waals surface area contributed by atoms with Crippen molar-refractivity contribution in [3.8, 4) is 11.5 Å². The summed E-state index contributed by atoms with van der Waals surface area (Å²) in [6.45, 7) is 44.4. The molecule has 0 bridgehead atoms. The molecule has 1 unspecified atom stereocenters. The molecule has 360 valence electrons. The lowest BCUT2D eigenvalue weighted by Crippen LogP contribution is -2.61. The topological polar surface area (TPSA) is 24.5 Å². The summed E-state index contributed by atoms with van der Waals surface area (Å²) in [6.07, 6.45) is 25.7. The molecular formula is C58H100N4O2+4. The molecule has 2 aromatic rings. The van der Waals surface area contributed by atoms with Crippen LogP contribution >= 0.6 is 0 Å². The van der Waals surface area contributed by atoms with E-state index in [1.165, 1.54) is 186 Å². The zero-order chi connectivity index (χ0) is 46.8. The van der Waals surface area contributed by atoms with Gasteiger partial charge in [0.2, 0.25) is 12.1 Å². The molecule has 6 nitrogen and oxygen atoms in total. The fourth-order valence-corrected chi connectivity index (χ4v) is 11.3. The molecule has 0 aliphatic carbocycles. The van der Waals surface area contributed by atoms with Crippen LogP contribution in [-0.2, 0) is 10.8 Å². The Kier molecular flexibility index (Phi) is 18.3. The monoisotopic (exact) mass is 885 g/mol. The predicted octanol–water partition coefficient (Wildman–Crippen LogP) is 14.1. The molecular weight excluding hydrogens is 785 g/mol. The van der Waals surface area contributed by atoms with E-state index in [2.05, 4.69) is 149 Å². The van der Waals surface area contributed by atoms with Gasteiger partial charge in [-0.3, -0.25) is 0 Å². The highest BCUT2D eigenvalue weighted by Gasteiger charge is 2.75. The first-order valence-corrected chi connectivity index (χ1v) is 27.0. The molecule has 5 rings (SSSR count). The van der Waals surface area contributed by atoms with Crippen LogP contribution in [0.4, 0.5) is 0 Å². The minimum atomic E-state index is -1.07. The molecule has 0 saturated carbocycles. The van der Waals surface area contributed by atoms with Gasteiger partial charge in [0.25, 0.3) is 0 Å². The van der Waals surface area contributed by atoms with Crippen molar-refractivity contribution < 1.29 is 27.6 Å². The van der Waals surface area contributed by atoms with E-state index in [1.54, 1.807) is 0 Å². The lowest BCUT2D eigenvalue weighted by molar-refractivity contribution is -0.929. The third-order valence-electron chi connectivity index (χ3n) is 15.5. The molecule has 0 radical (unpaired) electrons. The van der Waals surface area contributed by atoms with E-state index in [1.807, 2.05) is 0 Å². The van der Waals surface area contributed by atoms with E-state index >= 15 is 0 Å². The summed E-state index contributed by atoms with van der Waals surface area (Å²) in [7, 11) is 0. The van der Waals surface area contributed by atoms with Crippen LogP contribution in [0.3, 0.4) is 0 Å². The van der Waals surface area contributed by atoms with Gasteiger partial charge in [-0.2, -0.15) is 0 Å². The summed E-state index contributed by atoms with van der Waals surface area (Å²) in [5.41, 5.74) is 6.13. The van der Waals surface area contributed by atoms with E-state index in [9.17, 15) is 0 Å². The Morgan fingerprint density at radius 3 is 1.47 bits per heavy atom. The van der Waals surface area contributed by atoms with Crippen molar-refractivity contribution in [1.29, 1.82) is 0 Å². The summed E-state index contributed by atoms with van der Waals surface area (Å²) >= 11 is 0. The van der Waals surface area contributed by atoms with Crippen LogP contribution in [0.2, 0.25) is 0 Å². The lowest BCUT2D eigenvalue weighted by atomic mass is 9.79. The molecule has 64 heavy (non-hydrogen) atoms. The normalized spacial score (nSPS) is 18.2. The van der Waals surface area contributed by atoms with Crippen molar-refractivity contribution in [1.82, 2.24) is 0 Å². The molecule has 1 saturated heterocycles. The molecule has 3 aliphatic heterocycles. The number of fused-ring (bicyclic) bond motifs is 2. The highest BCUT2D eigenvalue weighted by molar-refractivity contribution is 5.84. The number of hydrogen-bond donors (Lipinski definition) is 0. The van der Waals surface area contributed by atoms with Crippen LogP contribution in [0.15, 0.2) is 30.3 Å². The maximum absolute atomic E-state index is 7.34. The second-order valence-corrected chi connectivity index (χ2v) is 23.6. The predicted molar refractivity (Wildman–Crippen MR) is 274 cm³/mol. The molecule has 6 heteroatoms. The van der Waals surface area contributed by atoms with Crippen LogP contribution < -0.4 is 9.47 Å². The van der Waals surface area contributed by atoms with E-state index in [0.717, 1.165) is 23.6 Å². The van der Waals surface area contributed by atoms with Crippen molar-refractivity contribution in [3.63, 3.8) is 0 Å². The summed E-state index contributed by atoms with van der Waals surface area (Å²) in [5, 5.41) is 0. The highest BCUT2D eigenvalue weighted by Crippen LogP contribution is 2.47. The number of ether oxygens (including phenoxy) is 2. The quantitative estimate of drug-likeness (QED) is 0.0659. The zero-order valence-electron chi connectivity index (χ0n) is 44.4. The van der Waals surface area contributed by atoms with Gasteiger partial charge >= 0.3 is 6.03 Å². The Balaban J connectivity index is 1.51. The van der Waals surface area contributed by atoms with E-state index < -0.39 is 6.03 Å². The third-order valence-corrected chi connectivity index (χ3v) is 15.5. The van der Waals surface area contributed by atoms with Gasteiger partial charge in [0.15, 0.2) is 23.9 Å². The molecule has 1 atom stereocenters. The second-order valence-electron chi connectivity index (χ2n) is 23.6. The van der Waals surface area contributed by atoms with Crippen molar-refractivity contribution in [2.45, 2.75) is 228 Å². The van der Waals surface area contributed by atoms with Gasteiger partial charge in [0.05, 0.1) is 63.5 Å². The number of unbranched alkanes of at least 4 members (excludes halogenated alkanes) is 6. The first-order chi connectivity index (χ1) is 30.3. The SMILES string of the molecule is CCCC[N+](CCCC)(CCCC)CCCC(CCC[N+](CCCC)(CCCC)CCCC)c1ccc2c(c1)C=[N+]1CC(C)(C)[N+]3=Cc4cc(C(C)(C)C)cc(C(C)(C)C)c4OC13O2. The Bertz CT molecular complexity index is 1780. The molecule has 1 fully saturated rings. The van der Waals surface area contributed by atoms with Gasteiger partial charge in [-0.15, -0.1) is 0 Å². The number of nitrogens with zero attached hydrogens (tertiary/aromatic N) is 4. The van der Waals surface area contributed by atoms with Gasteiger partial charge in [0.1, 0.15) is 0 Å². The van der Waals surface area contributed by atoms with Crippen molar-refractivity contribution in [2.24, 2.45) is 0 Å². The Morgan fingerprint density at radius 2 is 1.03 bits per heavy atom. The first kappa shape index (κ1) is 52.3. The van der Waals surface area contributed by atoms with Crippen molar-refractivity contribution in [3.05, 3.63) is 58.1 Å². The van der Waals surface area contributed by atoms with Crippen LogP contribution in [0, 0.1) is 0 Å². The molecule has 0 N–H and O–H groups in total. The van der Waals surface area contributed by atoms with Gasteiger partial charge in [-0.05, 0) is 110 Å². The molecule has 1 spiro atoms. The summed E-state index contributed by atoms with van der Waals surface area (Å²) in [6, 6.07) is 10.9. The van der Waals surface area contributed by atoms with Crippen molar-refractivity contribution >= 4 is 12.4 Å². The molecule has 3 heterocycles. The Labute approximate surface area is 395 Å². The number of quaternary nitrogens is 2. The van der Waals surface area contributed by atoms with E-state index in [-0.39, 0.29) is 16.4 Å². The third kappa shape index (κ3) is 12.4. The van der Waals surface area contributed by atoms with E-state index in [0.29, 0.717) is 5.92 Å². The van der Waals surface area contributed by atoms with Crippen LogP contribution in [0.5, 0.6) is 11.5 Å². The van der Waals surface area contributed by atoms with E-state index in [4.69, 9.17) is 9.47 Å². The standard InChI is InChI=1S/C58H100N4O2/c1-15-21-33-61(34-22-16-2,35-23-17-3)39-27-29-47(30-28-40-62(36-24-18-4,37-25-19-5)38-26-20-6)48-31-32-53-49(41-48)44-59-46-57(13,14)60-45-50-42-51(55(7,8)9)43-52(56(10,11)12)54(50)64-58(59,60)63-53/h31-32,41-45,47H,15-30,33-40,46H2,1-14H3/q+4. The Morgan fingerprint density at radius 1 is 0.562 bits per heavy atom. The van der Waals surface area contributed by atoms with Gasteiger partial charge in [-0.25, -0.2) is 0 Å². The van der Waals surface area contributed by atoms with Crippen LogP contribution in [-0.4, -0.2) is 101 Å². The number of benzene rings is 2. The average molecular weight is 885 g/mol. The minimum Gasteiger partial charge on any atom is -0.341 e. The molecule has 2 aromatic carbocycles. The molecule has 0 aromatic heterocycles. The first-order valence-electron chi connectivity index (χ1n) is 27.0. The highest BCUT2D eigenvalue weighted by atomic mass is 16.7. The number of hydrogen-bond acceptors (Lipinski definition) is 2. The maximum Gasteiger partial charge on any atom is 0.704 e. The van der Waals surface area contributed by atoms with Crippen LogP contribution in [0.25, 0.3) is 0 Å². The Hall–Kier alpha value is -2.70.